The SMILES string of the molecule is CC(C)C(=O)N1CCC(Oc2ncccc2Br)C1. The van der Waals surface area contributed by atoms with Gasteiger partial charge in [-0.15, -0.1) is 0 Å². The fourth-order valence-corrected chi connectivity index (χ4v) is 2.35. The summed E-state index contributed by atoms with van der Waals surface area (Å²) in [6.07, 6.45) is 2.60. The summed E-state index contributed by atoms with van der Waals surface area (Å²) in [6, 6.07) is 3.74. The number of ether oxygens (including phenoxy) is 1. The average molecular weight is 313 g/mol. The van der Waals surface area contributed by atoms with E-state index in [1.165, 1.54) is 0 Å². The first-order valence-electron chi connectivity index (χ1n) is 6.14. The standard InChI is InChI=1S/C13H17BrN2O2/c1-9(2)13(17)16-7-5-10(8-16)18-12-11(14)4-3-6-15-12/h3-4,6,9-10H,5,7-8H2,1-2H3. The number of aromatic nitrogens is 1. The van der Waals surface area contributed by atoms with E-state index in [0.717, 1.165) is 17.4 Å². The van der Waals surface area contributed by atoms with Crippen LogP contribution >= 0.6 is 15.9 Å². The molecule has 1 atom stereocenters. The lowest BCUT2D eigenvalue weighted by atomic mass is 10.2. The summed E-state index contributed by atoms with van der Waals surface area (Å²) in [5, 5.41) is 0. The van der Waals surface area contributed by atoms with E-state index in [0.29, 0.717) is 12.4 Å². The number of rotatable bonds is 3. The molecule has 18 heavy (non-hydrogen) atoms. The van der Waals surface area contributed by atoms with Gasteiger partial charge in [-0.2, -0.15) is 0 Å². The van der Waals surface area contributed by atoms with Gasteiger partial charge in [0, 0.05) is 25.1 Å². The molecule has 1 aliphatic rings. The van der Waals surface area contributed by atoms with Crippen LogP contribution in [0, 0.1) is 5.92 Å². The summed E-state index contributed by atoms with van der Waals surface area (Å²) in [5.74, 6) is 0.841. The molecule has 1 saturated heterocycles. The van der Waals surface area contributed by atoms with Gasteiger partial charge in [0.25, 0.3) is 0 Å². The molecular formula is C13H17BrN2O2. The number of amides is 1. The van der Waals surface area contributed by atoms with Crippen LogP contribution in [0.2, 0.25) is 0 Å². The first kappa shape index (κ1) is 13.3. The van der Waals surface area contributed by atoms with E-state index in [1.807, 2.05) is 30.9 Å². The minimum absolute atomic E-state index is 0.0406. The number of likely N-dealkylation sites (tertiary alicyclic amines) is 1. The van der Waals surface area contributed by atoms with Gasteiger partial charge in [0.15, 0.2) is 0 Å². The molecule has 1 fully saturated rings. The van der Waals surface area contributed by atoms with E-state index in [1.54, 1.807) is 6.20 Å². The van der Waals surface area contributed by atoms with Gasteiger partial charge in [-0.25, -0.2) is 4.98 Å². The van der Waals surface area contributed by atoms with Crippen LogP contribution in [0.15, 0.2) is 22.8 Å². The highest BCUT2D eigenvalue weighted by Crippen LogP contribution is 2.24. The molecule has 0 radical (unpaired) electrons. The van der Waals surface area contributed by atoms with Crippen molar-refractivity contribution in [2.75, 3.05) is 13.1 Å². The van der Waals surface area contributed by atoms with E-state index in [9.17, 15) is 4.79 Å². The number of pyridine rings is 1. The van der Waals surface area contributed by atoms with E-state index in [2.05, 4.69) is 20.9 Å². The Balaban J connectivity index is 1.94. The van der Waals surface area contributed by atoms with Crippen molar-refractivity contribution >= 4 is 21.8 Å². The summed E-state index contributed by atoms with van der Waals surface area (Å²) in [5.41, 5.74) is 0. The highest BCUT2D eigenvalue weighted by Gasteiger charge is 2.29. The fourth-order valence-electron chi connectivity index (χ4n) is 2.01. The third-order valence-corrected chi connectivity index (χ3v) is 3.56. The van der Waals surface area contributed by atoms with Crippen molar-refractivity contribution in [3.05, 3.63) is 22.8 Å². The van der Waals surface area contributed by atoms with E-state index < -0.39 is 0 Å². The highest BCUT2D eigenvalue weighted by atomic mass is 79.9. The molecule has 98 valence electrons. The fraction of sp³-hybridized carbons (Fsp3) is 0.538. The van der Waals surface area contributed by atoms with Crippen LogP contribution in [0.3, 0.4) is 0 Å². The molecule has 1 aliphatic heterocycles. The lowest BCUT2D eigenvalue weighted by Gasteiger charge is -2.19. The molecule has 0 N–H and O–H groups in total. The molecule has 5 heteroatoms. The summed E-state index contributed by atoms with van der Waals surface area (Å²) in [4.78, 5) is 17.9. The zero-order chi connectivity index (χ0) is 13.1. The predicted molar refractivity (Wildman–Crippen MR) is 72.4 cm³/mol. The van der Waals surface area contributed by atoms with Crippen molar-refractivity contribution in [2.45, 2.75) is 26.4 Å². The zero-order valence-corrected chi connectivity index (χ0v) is 12.2. The summed E-state index contributed by atoms with van der Waals surface area (Å²) in [7, 11) is 0. The van der Waals surface area contributed by atoms with Crippen LogP contribution in [0.25, 0.3) is 0 Å². The predicted octanol–water partition coefficient (Wildman–Crippen LogP) is 2.48. The van der Waals surface area contributed by atoms with Crippen molar-refractivity contribution in [3.63, 3.8) is 0 Å². The average Bonchev–Trinajstić information content (AvgIpc) is 2.79. The van der Waals surface area contributed by atoms with Gasteiger partial charge in [0.05, 0.1) is 11.0 Å². The van der Waals surface area contributed by atoms with Gasteiger partial charge in [-0.3, -0.25) is 4.79 Å². The topological polar surface area (TPSA) is 42.4 Å². The minimum Gasteiger partial charge on any atom is -0.472 e. The highest BCUT2D eigenvalue weighted by molar-refractivity contribution is 9.10. The molecule has 1 aromatic rings. The van der Waals surface area contributed by atoms with Crippen LogP contribution < -0.4 is 4.74 Å². The number of carbonyl (C=O) groups excluding carboxylic acids is 1. The van der Waals surface area contributed by atoms with Gasteiger partial charge in [-0.05, 0) is 28.1 Å². The summed E-state index contributed by atoms with van der Waals surface area (Å²) >= 11 is 3.40. The van der Waals surface area contributed by atoms with Crippen LogP contribution in [0.1, 0.15) is 20.3 Å². The lowest BCUT2D eigenvalue weighted by Crippen LogP contribution is -2.33. The molecule has 2 heterocycles. The van der Waals surface area contributed by atoms with Gasteiger partial charge in [0.2, 0.25) is 11.8 Å². The van der Waals surface area contributed by atoms with Crippen molar-refractivity contribution < 1.29 is 9.53 Å². The van der Waals surface area contributed by atoms with Gasteiger partial charge in [-0.1, -0.05) is 13.8 Å². The Kier molecular flexibility index (Phi) is 4.22. The van der Waals surface area contributed by atoms with Crippen molar-refractivity contribution in [3.8, 4) is 5.88 Å². The number of carbonyl (C=O) groups is 1. The molecule has 0 saturated carbocycles. The molecule has 0 bridgehead atoms. The Morgan fingerprint density at radius 3 is 3.06 bits per heavy atom. The monoisotopic (exact) mass is 312 g/mol. The molecule has 2 rings (SSSR count). The third kappa shape index (κ3) is 3.02. The molecule has 0 spiro atoms. The third-order valence-electron chi connectivity index (χ3n) is 2.95. The van der Waals surface area contributed by atoms with Crippen LogP contribution in [-0.2, 0) is 4.79 Å². The van der Waals surface area contributed by atoms with Crippen molar-refractivity contribution in [2.24, 2.45) is 5.92 Å². The quantitative estimate of drug-likeness (QED) is 0.861. The molecule has 1 aromatic heterocycles. The maximum Gasteiger partial charge on any atom is 0.228 e. The summed E-state index contributed by atoms with van der Waals surface area (Å²) < 4.78 is 6.66. The Morgan fingerprint density at radius 2 is 2.39 bits per heavy atom. The number of hydrogen-bond donors (Lipinski definition) is 0. The van der Waals surface area contributed by atoms with Crippen LogP contribution in [0.5, 0.6) is 5.88 Å². The molecule has 0 aromatic carbocycles. The van der Waals surface area contributed by atoms with Gasteiger partial charge in [0.1, 0.15) is 6.10 Å². The van der Waals surface area contributed by atoms with Crippen LogP contribution in [-0.4, -0.2) is 35.0 Å². The largest absolute Gasteiger partial charge is 0.472 e. The van der Waals surface area contributed by atoms with Crippen molar-refractivity contribution in [1.29, 1.82) is 0 Å². The maximum absolute atomic E-state index is 11.9. The second kappa shape index (κ2) is 5.69. The van der Waals surface area contributed by atoms with Gasteiger partial charge >= 0.3 is 0 Å². The molecule has 0 aliphatic carbocycles. The molecule has 1 amide bonds. The molecule has 4 nitrogen and oxygen atoms in total. The Bertz CT molecular complexity index is 437. The van der Waals surface area contributed by atoms with E-state index in [4.69, 9.17) is 4.74 Å². The first-order valence-corrected chi connectivity index (χ1v) is 6.93. The Morgan fingerprint density at radius 1 is 1.61 bits per heavy atom. The maximum atomic E-state index is 11.9. The zero-order valence-electron chi connectivity index (χ0n) is 10.6. The normalized spacial score (nSPS) is 19.3. The number of nitrogens with zero attached hydrogens (tertiary/aromatic N) is 2. The Hall–Kier alpha value is -1.10. The van der Waals surface area contributed by atoms with E-state index >= 15 is 0 Å². The first-order chi connectivity index (χ1) is 8.58. The smallest absolute Gasteiger partial charge is 0.228 e. The number of hydrogen-bond acceptors (Lipinski definition) is 3. The van der Waals surface area contributed by atoms with Gasteiger partial charge < -0.3 is 9.64 Å². The van der Waals surface area contributed by atoms with E-state index in [-0.39, 0.29) is 17.9 Å². The van der Waals surface area contributed by atoms with Crippen LogP contribution in [0.4, 0.5) is 0 Å². The molecule has 1 unspecified atom stereocenters. The number of halogens is 1. The molecular weight excluding hydrogens is 296 g/mol. The Labute approximate surface area is 115 Å². The second-order valence-corrected chi connectivity index (χ2v) is 5.61. The minimum atomic E-state index is 0.0406. The lowest BCUT2D eigenvalue weighted by molar-refractivity contribution is -0.133. The summed E-state index contributed by atoms with van der Waals surface area (Å²) in [6.45, 7) is 5.27. The van der Waals surface area contributed by atoms with Crippen molar-refractivity contribution in [1.82, 2.24) is 9.88 Å². The second-order valence-electron chi connectivity index (χ2n) is 4.76.